The molecule has 2 aliphatic rings. The van der Waals surface area contributed by atoms with E-state index < -0.39 is 17.9 Å². The van der Waals surface area contributed by atoms with Crippen molar-refractivity contribution in [3.05, 3.63) is 0 Å². The van der Waals surface area contributed by atoms with E-state index in [-0.39, 0.29) is 30.0 Å². The highest BCUT2D eigenvalue weighted by Crippen LogP contribution is 2.55. The van der Waals surface area contributed by atoms with E-state index >= 15 is 0 Å². The Morgan fingerprint density at radius 3 is 2.37 bits per heavy atom. The third kappa shape index (κ3) is 2.71. The zero-order valence-electron chi connectivity index (χ0n) is 12.4. The fraction of sp³-hybridized carbons (Fsp3) is 0.929. The standard InChI is InChI=1S/C14H25FN2O2/c1-13(2,3)19-12(18)17-7-8(15)6-9(17)10-11(16)14(10,4)5/h8-11H,6-7,16H2,1-5H3/t8-,9?,10+,11+/m1/s1. The number of alkyl halides is 1. The summed E-state index contributed by atoms with van der Waals surface area (Å²) in [6.45, 7) is 9.71. The molecule has 1 aliphatic heterocycles. The van der Waals surface area contributed by atoms with Crippen LogP contribution >= 0.6 is 0 Å². The Balaban J connectivity index is 2.09. The average Bonchev–Trinajstić information content (AvgIpc) is 2.54. The van der Waals surface area contributed by atoms with Gasteiger partial charge in [-0.2, -0.15) is 0 Å². The molecule has 0 aromatic carbocycles. The van der Waals surface area contributed by atoms with Crippen LogP contribution in [0, 0.1) is 11.3 Å². The van der Waals surface area contributed by atoms with Crippen LogP contribution in [0.4, 0.5) is 9.18 Å². The maximum atomic E-state index is 13.7. The number of nitrogens with two attached hydrogens (primary N) is 1. The summed E-state index contributed by atoms with van der Waals surface area (Å²) in [5, 5.41) is 0. The molecule has 1 aliphatic carbocycles. The summed E-state index contributed by atoms with van der Waals surface area (Å²) in [5.74, 6) is 0.167. The Bertz CT molecular complexity index is 378. The molecule has 19 heavy (non-hydrogen) atoms. The van der Waals surface area contributed by atoms with Gasteiger partial charge in [0, 0.05) is 24.4 Å². The Morgan fingerprint density at radius 1 is 1.42 bits per heavy atom. The molecule has 2 rings (SSSR count). The van der Waals surface area contributed by atoms with E-state index in [1.165, 1.54) is 4.90 Å². The molecule has 1 unspecified atom stereocenters. The Hall–Kier alpha value is -0.840. The van der Waals surface area contributed by atoms with Crippen molar-refractivity contribution in [3.63, 3.8) is 0 Å². The van der Waals surface area contributed by atoms with Crippen LogP contribution in [-0.2, 0) is 4.74 Å². The number of nitrogens with zero attached hydrogens (tertiary/aromatic N) is 1. The maximum Gasteiger partial charge on any atom is 0.410 e. The number of ether oxygens (including phenoxy) is 1. The fourth-order valence-electron chi connectivity index (χ4n) is 3.14. The van der Waals surface area contributed by atoms with Crippen LogP contribution in [0.5, 0.6) is 0 Å². The van der Waals surface area contributed by atoms with E-state index in [9.17, 15) is 9.18 Å². The molecule has 4 nitrogen and oxygen atoms in total. The van der Waals surface area contributed by atoms with E-state index in [0.717, 1.165) is 0 Å². The lowest BCUT2D eigenvalue weighted by Crippen LogP contribution is -2.42. The smallest absolute Gasteiger partial charge is 0.410 e. The van der Waals surface area contributed by atoms with Crippen LogP contribution in [0.3, 0.4) is 0 Å². The van der Waals surface area contributed by atoms with Gasteiger partial charge in [0.2, 0.25) is 0 Å². The fourth-order valence-corrected chi connectivity index (χ4v) is 3.14. The number of hydrogen-bond acceptors (Lipinski definition) is 3. The second kappa shape index (κ2) is 4.33. The van der Waals surface area contributed by atoms with Gasteiger partial charge in [0.05, 0.1) is 6.54 Å². The van der Waals surface area contributed by atoms with Gasteiger partial charge in [-0.05, 0) is 26.2 Å². The Labute approximate surface area is 114 Å². The first kappa shape index (κ1) is 14.6. The summed E-state index contributed by atoms with van der Waals surface area (Å²) in [5.41, 5.74) is 5.48. The number of likely N-dealkylation sites (tertiary alicyclic amines) is 1. The topological polar surface area (TPSA) is 55.6 Å². The van der Waals surface area contributed by atoms with Gasteiger partial charge in [0.15, 0.2) is 0 Å². The molecule has 1 amide bonds. The van der Waals surface area contributed by atoms with Crippen LogP contribution < -0.4 is 5.73 Å². The van der Waals surface area contributed by atoms with Gasteiger partial charge < -0.3 is 15.4 Å². The molecule has 110 valence electrons. The molecule has 0 aromatic heterocycles. The van der Waals surface area contributed by atoms with Crippen LogP contribution in [0.15, 0.2) is 0 Å². The Kier molecular flexibility index (Phi) is 3.32. The third-order valence-corrected chi connectivity index (χ3v) is 4.33. The molecule has 0 aromatic rings. The number of carbonyl (C=O) groups excluding carboxylic acids is 1. The average molecular weight is 272 g/mol. The molecular formula is C14H25FN2O2. The predicted molar refractivity (Wildman–Crippen MR) is 71.5 cm³/mol. The van der Waals surface area contributed by atoms with Crippen molar-refractivity contribution in [1.29, 1.82) is 0 Å². The SMILES string of the molecule is CC(C)(C)OC(=O)N1C[C@H](F)CC1[C@H]1[C@H](N)C1(C)C. The summed E-state index contributed by atoms with van der Waals surface area (Å²) < 4.78 is 19.1. The van der Waals surface area contributed by atoms with E-state index in [1.54, 1.807) is 0 Å². The Morgan fingerprint density at radius 2 is 1.95 bits per heavy atom. The van der Waals surface area contributed by atoms with Crippen molar-refractivity contribution in [2.45, 2.75) is 64.9 Å². The zero-order chi connectivity index (χ0) is 14.6. The van der Waals surface area contributed by atoms with Crippen molar-refractivity contribution in [2.24, 2.45) is 17.1 Å². The molecule has 1 saturated heterocycles. The summed E-state index contributed by atoms with van der Waals surface area (Å²) in [7, 11) is 0. The molecule has 1 heterocycles. The van der Waals surface area contributed by atoms with Crippen molar-refractivity contribution in [1.82, 2.24) is 4.90 Å². The van der Waals surface area contributed by atoms with E-state index in [2.05, 4.69) is 13.8 Å². The number of hydrogen-bond donors (Lipinski definition) is 1. The van der Waals surface area contributed by atoms with Crippen molar-refractivity contribution in [3.8, 4) is 0 Å². The largest absolute Gasteiger partial charge is 0.444 e. The lowest BCUT2D eigenvalue weighted by Gasteiger charge is -2.29. The molecule has 1 saturated carbocycles. The molecular weight excluding hydrogens is 247 g/mol. The van der Waals surface area contributed by atoms with Crippen molar-refractivity contribution < 1.29 is 13.9 Å². The van der Waals surface area contributed by atoms with Gasteiger partial charge in [-0.3, -0.25) is 0 Å². The summed E-state index contributed by atoms with van der Waals surface area (Å²) in [6.07, 6.45) is -1.02. The first-order valence-electron chi connectivity index (χ1n) is 6.93. The van der Waals surface area contributed by atoms with E-state index in [0.29, 0.717) is 6.42 Å². The van der Waals surface area contributed by atoms with Crippen LogP contribution in [0.25, 0.3) is 0 Å². The molecule has 4 atom stereocenters. The van der Waals surface area contributed by atoms with Gasteiger partial charge in [-0.25, -0.2) is 9.18 Å². The molecule has 5 heteroatoms. The van der Waals surface area contributed by atoms with Crippen molar-refractivity contribution >= 4 is 6.09 Å². The van der Waals surface area contributed by atoms with Gasteiger partial charge >= 0.3 is 6.09 Å². The summed E-state index contributed by atoms with van der Waals surface area (Å²) >= 11 is 0. The number of halogens is 1. The molecule has 0 bridgehead atoms. The van der Waals surface area contributed by atoms with Gasteiger partial charge in [-0.1, -0.05) is 13.8 Å². The highest BCUT2D eigenvalue weighted by molar-refractivity contribution is 5.69. The quantitative estimate of drug-likeness (QED) is 0.797. The summed E-state index contributed by atoms with van der Waals surface area (Å²) in [4.78, 5) is 13.7. The predicted octanol–water partition coefficient (Wildman–Crippen LogP) is 2.32. The van der Waals surface area contributed by atoms with Gasteiger partial charge in [0.25, 0.3) is 0 Å². The first-order valence-corrected chi connectivity index (χ1v) is 6.93. The second-order valence-electron chi connectivity index (χ2n) is 7.41. The number of rotatable bonds is 1. The first-order chi connectivity index (χ1) is 8.54. The number of amides is 1. The zero-order valence-corrected chi connectivity index (χ0v) is 12.4. The maximum absolute atomic E-state index is 13.7. The summed E-state index contributed by atoms with van der Waals surface area (Å²) in [6, 6.07) is -0.0948. The minimum Gasteiger partial charge on any atom is -0.444 e. The monoisotopic (exact) mass is 272 g/mol. The molecule has 2 fully saturated rings. The van der Waals surface area contributed by atoms with E-state index in [4.69, 9.17) is 10.5 Å². The molecule has 0 radical (unpaired) electrons. The lowest BCUT2D eigenvalue weighted by atomic mass is 10.0. The van der Waals surface area contributed by atoms with Crippen LogP contribution in [-0.4, -0.2) is 41.4 Å². The van der Waals surface area contributed by atoms with Gasteiger partial charge in [-0.15, -0.1) is 0 Å². The normalized spacial score (nSPS) is 37.3. The van der Waals surface area contributed by atoms with Gasteiger partial charge in [0.1, 0.15) is 11.8 Å². The third-order valence-electron chi connectivity index (χ3n) is 4.33. The minimum absolute atomic E-state index is 0.0189. The van der Waals surface area contributed by atoms with E-state index in [1.807, 2.05) is 20.8 Å². The van der Waals surface area contributed by atoms with Crippen LogP contribution in [0.1, 0.15) is 41.0 Å². The lowest BCUT2D eigenvalue weighted by molar-refractivity contribution is 0.0193. The highest BCUT2D eigenvalue weighted by atomic mass is 19.1. The molecule has 0 spiro atoms. The molecule has 2 N–H and O–H groups in total. The number of carbonyl (C=O) groups is 1. The second-order valence-corrected chi connectivity index (χ2v) is 7.41. The van der Waals surface area contributed by atoms with Crippen molar-refractivity contribution in [2.75, 3.05) is 6.54 Å². The minimum atomic E-state index is -0.971. The highest BCUT2D eigenvalue weighted by Gasteiger charge is 2.62. The van der Waals surface area contributed by atoms with Crippen LogP contribution in [0.2, 0.25) is 0 Å².